The third-order valence-corrected chi connectivity index (χ3v) is 3.95. The van der Waals surface area contributed by atoms with Crippen molar-refractivity contribution in [1.29, 1.82) is 0 Å². The molecule has 0 aliphatic heterocycles. The molecule has 3 aromatic rings. The van der Waals surface area contributed by atoms with Crippen LogP contribution in [-0.2, 0) is 13.5 Å². The molecule has 0 radical (unpaired) electrons. The standard InChI is InChI=1S/C17H20N4/c1-11-8-9-13(12(2)19-11)14(18)10-17-20-15-6-4-5-7-16(15)21(17)3/h4-9,14H,10,18H2,1-3H3. The molecule has 0 bridgehead atoms. The first-order chi connectivity index (χ1) is 10.1. The second kappa shape index (κ2) is 5.30. The van der Waals surface area contributed by atoms with E-state index in [0.29, 0.717) is 6.42 Å². The third-order valence-electron chi connectivity index (χ3n) is 3.95. The molecule has 1 aromatic carbocycles. The summed E-state index contributed by atoms with van der Waals surface area (Å²) < 4.78 is 2.12. The van der Waals surface area contributed by atoms with Gasteiger partial charge in [-0.25, -0.2) is 4.98 Å². The van der Waals surface area contributed by atoms with E-state index in [2.05, 4.69) is 26.7 Å². The van der Waals surface area contributed by atoms with E-state index in [-0.39, 0.29) is 6.04 Å². The van der Waals surface area contributed by atoms with Gasteiger partial charge in [-0.15, -0.1) is 0 Å². The Morgan fingerprint density at radius 1 is 1.10 bits per heavy atom. The van der Waals surface area contributed by atoms with Gasteiger partial charge in [-0.05, 0) is 37.6 Å². The second-order valence-electron chi connectivity index (χ2n) is 5.51. The SMILES string of the molecule is Cc1ccc(C(N)Cc2nc3ccccc3n2C)c(C)n1. The summed E-state index contributed by atoms with van der Waals surface area (Å²) >= 11 is 0. The number of aromatic nitrogens is 3. The Bertz CT molecular complexity index is 789. The minimum Gasteiger partial charge on any atom is -0.331 e. The largest absolute Gasteiger partial charge is 0.331 e. The highest BCUT2D eigenvalue weighted by Gasteiger charge is 2.15. The molecule has 0 amide bonds. The number of hydrogen-bond acceptors (Lipinski definition) is 3. The van der Waals surface area contributed by atoms with E-state index in [0.717, 1.165) is 33.8 Å². The molecule has 0 saturated carbocycles. The zero-order valence-corrected chi connectivity index (χ0v) is 12.7. The normalized spacial score (nSPS) is 12.8. The van der Waals surface area contributed by atoms with Crippen LogP contribution in [0.2, 0.25) is 0 Å². The second-order valence-corrected chi connectivity index (χ2v) is 5.51. The molecule has 0 saturated heterocycles. The first-order valence-corrected chi connectivity index (χ1v) is 7.16. The summed E-state index contributed by atoms with van der Waals surface area (Å²) in [6.45, 7) is 4.00. The summed E-state index contributed by atoms with van der Waals surface area (Å²) in [5, 5.41) is 0. The summed E-state index contributed by atoms with van der Waals surface area (Å²) in [4.78, 5) is 9.18. The van der Waals surface area contributed by atoms with Gasteiger partial charge in [0, 0.05) is 30.9 Å². The molecule has 2 aromatic heterocycles. The van der Waals surface area contributed by atoms with Crippen LogP contribution in [0.4, 0.5) is 0 Å². The predicted octanol–water partition coefficient (Wildman–Crippen LogP) is 2.83. The van der Waals surface area contributed by atoms with Crippen molar-refractivity contribution >= 4 is 11.0 Å². The molecule has 2 N–H and O–H groups in total. The molecule has 3 rings (SSSR count). The minimum absolute atomic E-state index is 0.0892. The highest BCUT2D eigenvalue weighted by atomic mass is 15.1. The fourth-order valence-electron chi connectivity index (χ4n) is 2.77. The Balaban J connectivity index is 1.92. The minimum atomic E-state index is -0.0892. The maximum absolute atomic E-state index is 6.38. The summed E-state index contributed by atoms with van der Waals surface area (Å²) in [5.74, 6) is 1.00. The van der Waals surface area contributed by atoms with Gasteiger partial charge in [0.15, 0.2) is 0 Å². The van der Waals surface area contributed by atoms with Crippen LogP contribution in [0.25, 0.3) is 11.0 Å². The zero-order valence-electron chi connectivity index (χ0n) is 12.7. The van der Waals surface area contributed by atoms with Gasteiger partial charge in [0.05, 0.1) is 11.0 Å². The van der Waals surface area contributed by atoms with Crippen LogP contribution in [0.15, 0.2) is 36.4 Å². The van der Waals surface area contributed by atoms with Gasteiger partial charge < -0.3 is 10.3 Å². The molecule has 4 heteroatoms. The molecule has 108 valence electrons. The average Bonchev–Trinajstić information content (AvgIpc) is 2.76. The van der Waals surface area contributed by atoms with Gasteiger partial charge in [-0.3, -0.25) is 4.98 Å². The van der Waals surface area contributed by atoms with Crippen molar-refractivity contribution in [1.82, 2.24) is 14.5 Å². The summed E-state index contributed by atoms with van der Waals surface area (Å²) in [6.07, 6.45) is 0.705. The van der Waals surface area contributed by atoms with Gasteiger partial charge in [0.1, 0.15) is 5.82 Å². The van der Waals surface area contributed by atoms with Gasteiger partial charge in [0.25, 0.3) is 0 Å². The van der Waals surface area contributed by atoms with Crippen molar-refractivity contribution in [2.45, 2.75) is 26.3 Å². The molecule has 0 fully saturated rings. The van der Waals surface area contributed by atoms with Crippen LogP contribution in [0, 0.1) is 13.8 Å². The lowest BCUT2D eigenvalue weighted by Gasteiger charge is -2.14. The number of benzene rings is 1. The lowest BCUT2D eigenvalue weighted by atomic mass is 10.0. The number of rotatable bonds is 3. The molecular weight excluding hydrogens is 260 g/mol. The van der Waals surface area contributed by atoms with E-state index in [9.17, 15) is 0 Å². The lowest BCUT2D eigenvalue weighted by molar-refractivity contribution is 0.658. The number of aryl methyl sites for hydroxylation is 3. The van der Waals surface area contributed by atoms with Crippen molar-refractivity contribution in [3.8, 4) is 0 Å². The van der Waals surface area contributed by atoms with Crippen LogP contribution < -0.4 is 5.73 Å². The molecule has 21 heavy (non-hydrogen) atoms. The summed E-state index contributed by atoms with van der Waals surface area (Å²) in [7, 11) is 2.04. The smallest absolute Gasteiger partial charge is 0.111 e. The van der Waals surface area contributed by atoms with E-state index in [1.54, 1.807) is 0 Å². The van der Waals surface area contributed by atoms with Crippen LogP contribution in [0.3, 0.4) is 0 Å². The zero-order chi connectivity index (χ0) is 15.0. The molecule has 4 nitrogen and oxygen atoms in total. The number of imidazole rings is 1. The number of fused-ring (bicyclic) bond motifs is 1. The third kappa shape index (κ3) is 2.54. The fraction of sp³-hybridized carbons (Fsp3) is 0.294. The lowest BCUT2D eigenvalue weighted by Crippen LogP contribution is -2.17. The van der Waals surface area contributed by atoms with E-state index in [1.165, 1.54) is 0 Å². The average molecular weight is 280 g/mol. The Labute approximate surface area is 124 Å². The van der Waals surface area contributed by atoms with E-state index >= 15 is 0 Å². The Kier molecular flexibility index (Phi) is 3.47. The topological polar surface area (TPSA) is 56.7 Å². The van der Waals surface area contributed by atoms with Crippen LogP contribution in [0.1, 0.15) is 28.8 Å². The number of hydrogen-bond donors (Lipinski definition) is 1. The van der Waals surface area contributed by atoms with Crippen molar-refractivity contribution in [3.05, 3.63) is 59.2 Å². The van der Waals surface area contributed by atoms with Crippen LogP contribution >= 0.6 is 0 Å². The van der Waals surface area contributed by atoms with Gasteiger partial charge in [-0.2, -0.15) is 0 Å². The van der Waals surface area contributed by atoms with Crippen molar-refractivity contribution in [3.63, 3.8) is 0 Å². The Morgan fingerprint density at radius 2 is 1.86 bits per heavy atom. The van der Waals surface area contributed by atoms with Crippen molar-refractivity contribution in [2.24, 2.45) is 12.8 Å². The number of pyridine rings is 1. The molecule has 2 heterocycles. The Hall–Kier alpha value is -2.20. The summed E-state index contributed by atoms with van der Waals surface area (Å²) in [6, 6.07) is 12.1. The van der Waals surface area contributed by atoms with Crippen molar-refractivity contribution in [2.75, 3.05) is 0 Å². The monoisotopic (exact) mass is 280 g/mol. The van der Waals surface area contributed by atoms with Gasteiger partial charge in [-0.1, -0.05) is 18.2 Å². The predicted molar refractivity (Wildman–Crippen MR) is 85.1 cm³/mol. The number of nitrogens with two attached hydrogens (primary N) is 1. The van der Waals surface area contributed by atoms with Crippen molar-refractivity contribution < 1.29 is 0 Å². The first kappa shape index (κ1) is 13.8. The van der Waals surface area contributed by atoms with Crippen LogP contribution in [-0.4, -0.2) is 14.5 Å². The molecule has 0 spiro atoms. The van der Waals surface area contributed by atoms with E-state index < -0.39 is 0 Å². The quantitative estimate of drug-likeness (QED) is 0.802. The van der Waals surface area contributed by atoms with Gasteiger partial charge in [0.2, 0.25) is 0 Å². The van der Waals surface area contributed by atoms with Crippen LogP contribution in [0.5, 0.6) is 0 Å². The molecule has 0 aliphatic rings. The molecule has 1 atom stereocenters. The van der Waals surface area contributed by atoms with Gasteiger partial charge >= 0.3 is 0 Å². The Morgan fingerprint density at radius 3 is 2.57 bits per heavy atom. The maximum Gasteiger partial charge on any atom is 0.111 e. The summed E-state index contributed by atoms with van der Waals surface area (Å²) in [5.41, 5.74) is 11.6. The number of nitrogens with zero attached hydrogens (tertiary/aromatic N) is 3. The molecular formula is C17H20N4. The highest BCUT2D eigenvalue weighted by Crippen LogP contribution is 2.21. The number of para-hydroxylation sites is 2. The fourth-order valence-corrected chi connectivity index (χ4v) is 2.77. The first-order valence-electron chi connectivity index (χ1n) is 7.16. The van der Waals surface area contributed by atoms with E-state index in [4.69, 9.17) is 5.73 Å². The highest BCUT2D eigenvalue weighted by molar-refractivity contribution is 5.75. The maximum atomic E-state index is 6.38. The van der Waals surface area contributed by atoms with E-state index in [1.807, 2.05) is 45.2 Å². The molecule has 0 aliphatic carbocycles. The molecule has 1 unspecified atom stereocenters.